The Morgan fingerprint density at radius 2 is 1.94 bits per heavy atom. The van der Waals surface area contributed by atoms with Crippen LogP contribution in [-0.2, 0) is 0 Å². The Morgan fingerprint density at radius 1 is 1.12 bits per heavy atom. The highest BCUT2D eigenvalue weighted by atomic mass is 15.1. The number of aromatic nitrogens is 2. The highest BCUT2D eigenvalue weighted by Crippen LogP contribution is 2.19. The van der Waals surface area contributed by atoms with Crippen LogP contribution in [0.15, 0.2) is 18.5 Å². The Hall–Kier alpha value is -0.960. The molecule has 3 heteroatoms. The van der Waals surface area contributed by atoms with Crippen molar-refractivity contribution in [3.63, 3.8) is 0 Å². The van der Waals surface area contributed by atoms with E-state index in [1.807, 2.05) is 6.20 Å². The number of unbranched alkanes of at least 4 members (excludes halogenated alkanes) is 4. The predicted molar refractivity (Wildman–Crippen MR) is 71.8 cm³/mol. The summed E-state index contributed by atoms with van der Waals surface area (Å²) >= 11 is 0. The van der Waals surface area contributed by atoms with Gasteiger partial charge in [-0.1, -0.05) is 46.0 Å². The summed E-state index contributed by atoms with van der Waals surface area (Å²) in [5, 5.41) is 11.3. The molecule has 0 amide bonds. The van der Waals surface area contributed by atoms with E-state index >= 15 is 0 Å². The fourth-order valence-corrected chi connectivity index (χ4v) is 2.09. The predicted octanol–water partition coefficient (Wildman–Crippen LogP) is 3.49. The second-order valence-electron chi connectivity index (χ2n) is 4.49. The van der Waals surface area contributed by atoms with Gasteiger partial charge in [0.15, 0.2) is 0 Å². The van der Waals surface area contributed by atoms with E-state index in [0.29, 0.717) is 6.04 Å². The number of hydrogen-bond donors (Lipinski definition) is 1. The van der Waals surface area contributed by atoms with E-state index in [-0.39, 0.29) is 0 Å². The van der Waals surface area contributed by atoms with Crippen molar-refractivity contribution in [2.45, 2.75) is 58.4 Å². The number of rotatable bonds is 9. The van der Waals surface area contributed by atoms with Gasteiger partial charge in [-0.25, -0.2) is 0 Å². The van der Waals surface area contributed by atoms with Crippen LogP contribution in [0.2, 0.25) is 0 Å². The standard InChI is InChI=1S/C14H25N3/c1-3-5-6-7-8-9-14(15-4-2)13-10-11-16-17-12-13/h10-12,14-15H,3-9H2,1-2H3. The Labute approximate surface area is 105 Å². The Morgan fingerprint density at radius 3 is 2.59 bits per heavy atom. The molecule has 0 radical (unpaired) electrons. The van der Waals surface area contributed by atoms with E-state index in [1.54, 1.807) is 6.20 Å². The fourth-order valence-electron chi connectivity index (χ4n) is 2.09. The summed E-state index contributed by atoms with van der Waals surface area (Å²) in [5.74, 6) is 0. The summed E-state index contributed by atoms with van der Waals surface area (Å²) in [6.07, 6.45) is 11.5. The molecule has 0 aliphatic carbocycles. The van der Waals surface area contributed by atoms with Gasteiger partial charge in [0, 0.05) is 12.2 Å². The molecule has 0 spiro atoms. The van der Waals surface area contributed by atoms with Crippen molar-refractivity contribution >= 4 is 0 Å². The van der Waals surface area contributed by atoms with Crippen LogP contribution in [0.3, 0.4) is 0 Å². The molecule has 1 unspecified atom stereocenters. The highest BCUT2D eigenvalue weighted by Gasteiger charge is 2.09. The first-order chi connectivity index (χ1) is 8.38. The lowest BCUT2D eigenvalue weighted by Crippen LogP contribution is -2.21. The second-order valence-corrected chi connectivity index (χ2v) is 4.49. The molecule has 1 N–H and O–H groups in total. The fraction of sp³-hybridized carbons (Fsp3) is 0.714. The van der Waals surface area contributed by atoms with Crippen LogP contribution in [0.5, 0.6) is 0 Å². The van der Waals surface area contributed by atoms with Gasteiger partial charge < -0.3 is 5.32 Å². The quantitative estimate of drug-likeness (QED) is 0.666. The van der Waals surface area contributed by atoms with Crippen molar-refractivity contribution in [3.8, 4) is 0 Å². The molecule has 0 bridgehead atoms. The zero-order valence-corrected chi connectivity index (χ0v) is 11.2. The SMILES string of the molecule is CCCCCCCC(NCC)c1ccnnc1. The van der Waals surface area contributed by atoms with Crippen molar-refractivity contribution in [2.24, 2.45) is 0 Å². The lowest BCUT2D eigenvalue weighted by Gasteiger charge is -2.17. The van der Waals surface area contributed by atoms with E-state index < -0.39 is 0 Å². The van der Waals surface area contributed by atoms with Crippen molar-refractivity contribution in [1.29, 1.82) is 0 Å². The van der Waals surface area contributed by atoms with Gasteiger partial charge in [-0.05, 0) is 24.6 Å². The smallest absolute Gasteiger partial charge is 0.0544 e. The monoisotopic (exact) mass is 235 g/mol. The van der Waals surface area contributed by atoms with Gasteiger partial charge in [0.2, 0.25) is 0 Å². The summed E-state index contributed by atoms with van der Waals surface area (Å²) in [6.45, 7) is 5.41. The van der Waals surface area contributed by atoms with Gasteiger partial charge in [-0.2, -0.15) is 10.2 Å². The van der Waals surface area contributed by atoms with Gasteiger partial charge in [0.1, 0.15) is 0 Å². The van der Waals surface area contributed by atoms with Gasteiger partial charge in [-0.3, -0.25) is 0 Å². The third-order valence-corrected chi connectivity index (χ3v) is 3.06. The van der Waals surface area contributed by atoms with Crippen LogP contribution in [0, 0.1) is 0 Å². The first kappa shape index (κ1) is 14.1. The summed E-state index contributed by atoms with van der Waals surface area (Å²) in [6, 6.07) is 2.50. The zero-order valence-electron chi connectivity index (χ0n) is 11.2. The summed E-state index contributed by atoms with van der Waals surface area (Å²) in [7, 11) is 0. The Bertz CT molecular complexity index is 274. The van der Waals surface area contributed by atoms with E-state index in [1.165, 1.54) is 44.1 Å². The van der Waals surface area contributed by atoms with Crippen molar-refractivity contribution in [2.75, 3.05) is 6.54 Å². The second kappa shape index (κ2) is 9.11. The lowest BCUT2D eigenvalue weighted by molar-refractivity contribution is 0.477. The molecule has 0 fully saturated rings. The number of nitrogens with one attached hydrogen (secondary N) is 1. The highest BCUT2D eigenvalue weighted by molar-refractivity contribution is 5.11. The average molecular weight is 235 g/mol. The molecule has 0 saturated carbocycles. The molecule has 1 heterocycles. The van der Waals surface area contributed by atoms with Crippen LogP contribution in [0.25, 0.3) is 0 Å². The summed E-state index contributed by atoms with van der Waals surface area (Å²) in [4.78, 5) is 0. The third kappa shape index (κ3) is 5.78. The molecule has 3 nitrogen and oxygen atoms in total. The average Bonchev–Trinajstić information content (AvgIpc) is 2.38. The molecule has 0 aliphatic rings. The molecule has 96 valence electrons. The molecular formula is C14H25N3. The maximum atomic E-state index is 3.96. The van der Waals surface area contributed by atoms with Crippen molar-refractivity contribution in [1.82, 2.24) is 15.5 Å². The maximum Gasteiger partial charge on any atom is 0.0544 e. The largest absolute Gasteiger partial charge is 0.310 e. The first-order valence-corrected chi connectivity index (χ1v) is 6.88. The van der Waals surface area contributed by atoms with E-state index in [9.17, 15) is 0 Å². The maximum absolute atomic E-state index is 3.96. The number of hydrogen-bond acceptors (Lipinski definition) is 3. The minimum atomic E-state index is 0.442. The lowest BCUT2D eigenvalue weighted by atomic mass is 10.0. The van der Waals surface area contributed by atoms with E-state index in [4.69, 9.17) is 0 Å². The molecule has 0 aliphatic heterocycles. The summed E-state index contributed by atoms with van der Waals surface area (Å²) in [5.41, 5.74) is 1.26. The summed E-state index contributed by atoms with van der Waals surface area (Å²) < 4.78 is 0. The van der Waals surface area contributed by atoms with Gasteiger partial charge in [-0.15, -0.1) is 0 Å². The Kier molecular flexibility index (Phi) is 7.56. The molecule has 1 aromatic rings. The molecule has 1 aromatic heterocycles. The van der Waals surface area contributed by atoms with Crippen LogP contribution < -0.4 is 5.32 Å². The normalized spacial score (nSPS) is 12.6. The van der Waals surface area contributed by atoms with Crippen molar-refractivity contribution in [3.05, 3.63) is 24.0 Å². The first-order valence-electron chi connectivity index (χ1n) is 6.88. The van der Waals surface area contributed by atoms with Crippen LogP contribution >= 0.6 is 0 Å². The van der Waals surface area contributed by atoms with Gasteiger partial charge in [0.25, 0.3) is 0 Å². The van der Waals surface area contributed by atoms with Gasteiger partial charge in [0.05, 0.1) is 6.20 Å². The minimum absolute atomic E-state index is 0.442. The molecule has 0 aromatic carbocycles. The van der Waals surface area contributed by atoms with Gasteiger partial charge >= 0.3 is 0 Å². The minimum Gasteiger partial charge on any atom is -0.310 e. The topological polar surface area (TPSA) is 37.8 Å². The van der Waals surface area contributed by atoms with Crippen LogP contribution in [-0.4, -0.2) is 16.7 Å². The number of nitrogens with zero attached hydrogens (tertiary/aromatic N) is 2. The van der Waals surface area contributed by atoms with Crippen molar-refractivity contribution < 1.29 is 0 Å². The zero-order chi connectivity index (χ0) is 12.3. The Balaban J connectivity index is 2.33. The molecule has 17 heavy (non-hydrogen) atoms. The van der Waals surface area contributed by atoms with E-state index in [2.05, 4.69) is 35.4 Å². The molecule has 1 atom stereocenters. The molecule has 1 rings (SSSR count). The molecular weight excluding hydrogens is 210 g/mol. The molecule has 0 saturated heterocycles. The third-order valence-electron chi connectivity index (χ3n) is 3.06. The van der Waals surface area contributed by atoms with Crippen LogP contribution in [0.1, 0.15) is 64.0 Å². The van der Waals surface area contributed by atoms with Crippen LogP contribution in [0.4, 0.5) is 0 Å². The van der Waals surface area contributed by atoms with E-state index in [0.717, 1.165) is 6.54 Å².